The Morgan fingerprint density at radius 2 is 1.88 bits per heavy atom. The predicted octanol–water partition coefficient (Wildman–Crippen LogP) is 7.49. The summed E-state index contributed by atoms with van der Waals surface area (Å²) in [6.07, 6.45) is 7.74. The third kappa shape index (κ3) is 8.48. The summed E-state index contributed by atoms with van der Waals surface area (Å²) in [7, 11) is 0. The number of nitrogens with one attached hydrogen (secondary N) is 2. The number of aromatic nitrogens is 1. The molecule has 1 aromatic heterocycles. The number of piperidine rings is 1. The van der Waals surface area contributed by atoms with E-state index in [1.165, 1.54) is 13.0 Å². The number of nitrogens with zero attached hydrogens (tertiary/aromatic N) is 2. The monoisotopic (exact) mass is 732 g/mol. The maximum Gasteiger partial charge on any atom is 0.228 e. The van der Waals surface area contributed by atoms with Gasteiger partial charge in [-0.1, -0.05) is 69.8 Å². The molecule has 49 heavy (non-hydrogen) atoms. The number of amides is 2. The Morgan fingerprint density at radius 1 is 1.12 bits per heavy atom. The molecule has 8 nitrogen and oxygen atoms in total. The minimum Gasteiger partial charge on any atom is -0.486 e. The average Bonchev–Trinajstić information content (AvgIpc) is 3.82. The van der Waals surface area contributed by atoms with Gasteiger partial charge in [0, 0.05) is 45.1 Å². The van der Waals surface area contributed by atoms with Crippen LogP contribution in [-0.2, 0) is 16.2 Å². The Kier molecular flexibility index (Phi) is 11.0. The summed E-state index contributed by atoms with van der Waals surface area (Å²) in [6, 6.07) is 11.2. The second-order valence-corrected chi connectivity index (χ2v) is 14.6. The van der Waals surface area contributed by atoms with Crippen molar-refractivity contribution in [2.75, 3.05) is 26.2 Å². The largest absolute Gasteiger partial charge is 0.486 e. The Bertz CT molecular complexity index is 1760. The lowest BCUT2D eigenvalue weighted by Gasteiger charge is -2.37. The van der Waals surface area contributed by atoms with E-state index < -0.39 is 16.0 Å². The highest BCUT2D eigenvalue weighted by molar-refractivity contribution is 6.50. The van der Waals surface area contributed by atoms with Crippen LogP contribution in [0.4, 0.5) is 8.78 Å². The van der Waals surface area contributed by atoms with E-state index in [0.29, 0.717) is 44.0 Å². The molecule has 0 spiro atoms. The zero-order chi connectivity index (χ0) is 34.7. The molecule has 2 amide bonds. The molecule has 0 bridgehead atoms. The number of ether oxygens (including phenoxy) is 1. The Morgan fingerprint density at radius 3 is 2.61 bits per heavy atom. The number of allylic oxidation sites excluding steroid dienone is 2. The van der Waals surface area contributed by atoms with E-state index in [1.54, 1.807) is 0 Å². The van der Waals surface area contributed by atoms with E-state index in [2.05, 4.69) is 15.8 Å². The molecule has 2 N–H and O–H groups in total. The average molecular weight is 734 g/mol. The van der Waals surface area contributed by atoms with Gasteiger partial charge in [0.05, 0.1) is 16.5 Å². The fourth-order valence-corrected chi connectivity index (χ4v) is 7.04. The summed E-state index contributed by atoms with van der Waals surface area (Å²) in [5.74, 6) is -0.869. The number of benzene rings is 2. The maximum absolute atomic E-state index is 14.3. The van der Waals surface area contributed by atoms with E-state index in [9.17, 15) is 18.4 Å². The van der Waals surface area contributed by atoms with Crippen molar-refractivity contribution >= 4 is 46.6 Å². The van der Waals surface area contributed by atoms with Crippen molar-refractivity contribution in [2.45, 2.75) is 61.9 Å². The zero-order valence-corrected chi connectivity index (χ0v) is 29.2. The van der Waals surface area contributed by atoms with Crippen molar-refractivity contribution in [2.24, 2.45) is 5.92 Å². The molecule has 2 aliphatic carbocycles. The smallest absolute Gasteiger partial charge is 0.228 e. The first-order valence-corrected chi connectivity index (χ1v) is 17.5. The normalized spacial score (nSPS) is 20.3. The lowest BCUT2D eigenvalue weighted by Crippen LogP contribution is -2.48. The van der Waals surface area contributed by atoms with E-state index in [0.717, 1.165) is 54.6 Å². The third-order valence-electron chi connectivity index (χ3n) is 9.20. The molecule has 6 rings (SSSR count). The van der Waals surface area contributed by atoms with E-state index in [-0.39, 0.29) is 52.6 Å². The zero-order valence-electron chi connectivity index (χ0n) is 26.9. The second kappa shape index (κ2) is 15.2. The third-order valence-corrected chi connectivity index (χ3v) is 10.4. The molecule has 2 fully saturated rings. The van der Waals surface area contributed by atoms with Gasteiger partial charge in [0.15, 0.2) is 5.76 Å². The summed E-state index contributed by atoms with van der Waals surface area (Å²) in [5.41, 5.74) is 2.76. The quantitative estimate of drug-likeness (QED) is 0.148. The van der Waals surface area contributed by atoms with Crippen LogP contribution < -0.4 is 15.4 Å². The molecule has 13 heteroatoms. The van der Waals surface area contributed by atoms with Gasteiger partial charge in [-0.25, -0.2) is 8.78 Å². The molecular weight excluding hydrogens is 697 g/mol. The topological polar surface area (TPSA) is 96.7 Å². The van der Waals surface area contributed by atoms with Gasteiger partial charge >= 0.3 is 0 Å². The van der Waals surface area contributed by atoms with Gasteiger partial charge in [0.25, 0.3) is 0 Å². The number of halogens is 5. The lowest BCUT2D eigenvalue weighted by atomic mass is 9.80. The van der Waals surface area contributed by atoms with Gasteiger partial charge in [-0.2, -0.15) is 0 Å². The fraction of sp³-hybridized carbons (Fsp3) is 0.417. The predicted molar refractivity (Wildman–Crippen MR) is 185 cm³/mol. The van der Waals surface area contributed by atoms with Crippen LogP contribution in [-0.4, -0.2) is 58.4 Å². The SMILES string of the molecule is CC(=O)NCCC1=CCC(Cl)(Cl)C(CN(C(=O)[C@H]2CNCC[C@@H]2c2ccc(OCc3cc(-c4c(F)ccc(F)c4Cl)no3)cc2)C2CC2)=C1. The van der Waals surface area contributed by atoms with Gasteiger partial charge in [-0.15, -0.1) is 0 Å². The van der Waals surface area contributed by atoms with Gasteiger partial charge in [-0.05, 0) is 73.5 Å². The van der Waals surface area contributed by atoms with Crippen LogP contribution in [0.15, 0.2) is 70.3 Å². The number of hydrogen-bond donors (Lipinski definition) is 2. The molecule has 260 valence electrons. The number of carbonyl (C=O) groups excluding carboxylic acids is 2. The lowest BCUT2D eigenvalue weighted by molar-refractivity contribution is -0.137. The first-order chi connectivity index (χ1) is 23.5. The molecular formula is C36H37Cl3F2N4O4. The van der Waals surface area contributed by atoms with Crippen LogP contribution in [0.5, 0.6) is 5.75 Å². The molecule has 1 saturated carbocycles. The van der Waals surface area contributed by atoms with Gasteiger partial charge in [0.1, 0.15) is 34.0 Å². The molecule has 1 aliphatic heterocycles. The Labute approximate surface area is 298 Å². The highest BCUT2D eigenvalue weighted by Crippen LogP contribution is 2.42. The van der Waals surface area contributed by atoms with Crippen LogP contribution in [0, 0.1) is 17.6 Å². The summed E-state index contributed by atoms with van der Waals surface area (Å²) >= 11 is 19.5. The van der Waals surface area contributed by atoms with Crippen molar-refractivity contribution in [3.63, 3.8) is 0 Å². The van der Waals surface area contributed by atoms with Crippen molar-refractivity contribution < 1.29 is 27.6 Å². The summed E-state index contributed by atoms with van der Waals surface area (Å²) < 4.78 is 38.3. The summed E-state index contributed by atoms with van der Waals surface area (Å²) in [5, 5.41) is 9.70. The van der Waals surface area contributed by atoms with Crippen LogP contribution >= 0.6 is 34.8 Å². The molecule has 2 aromatic carbocycles. The van der Waals surface area contributed by atoms with Gasteiger partial charge < -0.3 is 24.8 Å². The molecule has 3 aromatic rings. The minimum absolute atomic E-state index is 0.00278. The molecule has 2 heterocycles. The van der Waals surface area contributed by atoms with Crippen molar-refractivity contribution in [3.8, 4) is 17.0 Å². The number of carbonyl (C=O) groups is 2. The molecule has 2 atom stereocenters. The highest BCUT2D eigenvalue weighted by Gasteiger charge is 2.42. The van der Waals surface area contributed by atoms with Crippen molar-refractivity contribution in [3.05, 3.63) is 93.7 Å². The number of hydrogen-bond acceptors (Lipinski definition) is 6. The van der Waals surface area contributed by atoms with E-state index in [4.69, 9.17) is 44.1 Å². The summed E-state index contributed by atoms with van der Waals surface area (Å²) in [4.78, 5) is 27.6. The molecule has 0 radical (unpaired) electrons. The van der Waals surface area contributed by atoms with Crippen LogP contribution in [0.25, 0.3) is 11.3 Å². The maximum atomic E-state index is 14.3. The Balaban J connectivity index is 1.11. The van der Waals surface area contributed by atoms with Crippen LogP contribution in [0.1, 0.15) is 56.3 Å². The van der Waals surface area contributed by atoms with Crippen molar-refractivity contribution in [1.29, 1.82) is 0 Å². The first-order valence-electron chi connectivity index (χ1n) is 16.4. The van der Waals surface area contributed by atoms with E-state index >= 15 is 0 Å². The van der Waals surface area contributed by atoms with Crippen LogP contribution in [0.2, 0.25) is 5.02 Å². The summed E-state index contributed by atoms with van der Waals surface area (Å²) in [6.45, 7) is 3.71. The molecule has 0 unspecified atom stereocenters. The standard InChI is InChI=1S/C36H37Cl3F2N4O4/c1-21(46)43-15-11-22-10-13-36(38,39)24(16-22)19-45(25-4-5-25)35(47)29-18-42-14-12-28(29)23-2-6-26(7-3-23)48-20-27-17-32(44-49-27)33-30(40)8-9-31(41)34(33)37/h2-3,6-10,16-17,25,28-29,42H,4-5,11-15,18-20H2,1H3,(H,43,46)/t28-,29+/m1/s1. The number of alkyl halides is 2. The first kappa shape index (κ1) is 35.4. The molecule has 1 saturated heterocycles. The molecule has 3 aliphatic rings. The number of rotatable bonds is 12. The highest BCUT2D eigenvalue weighted by atomic mass is 35.5. The second-order valence-electron chi connectivity index (χ2n) is 12.7. The van der Waals surface area contributed by atoms with Gasteiger partial charge in [-0.3, -0.25) is 9.59 Å². The van der Waals surface area contributed by atoms with E-state index in [1.807, 2.05) is 41.3 Å². The fourth-order valence-electron chi connectivity index (χ4n) is 6.41. The van der Waals surface area contributed by atoms with Crippen LogP contribution in [0.3, 0.4) is 0 Å². The Hall–Kier alpha value is -3.44. The van der Waals surface area contributed by atoms with Gasteiger partial charge in [0.2, 0.25) is 11.8 Å². The van der Waals surface area contributed by atoms with Crippen molar-refractivity contribution in [1.82, 2.24) is 20.7 Å². The minimum atomic E-state index is -1.11.